The maximum Gasteiger partial charge on any atom is 0.267 e. The van der Waals surface area contributed by atoms with Gasteiger partial charge in [0.15, 0.2) is 0 Å². The maximum atomic E-state index is 12.3. The average Bonchev–Trinajstić information content (AvgIpc) is 3.22. The predicted molar refractivity (Wildman–Crippen MR) is 84.3 cm³/mol. The molecule has 0 N–H and O–H groups in total. The zero-order chi connectivity index (χ0) is 16.7. The fourth-order valence-electron chi connectivity index (χ4n) is 2.99. The van der Waals surface area contributed by atoms with Crippen LogP contribution in [0.25, 0.3) is 0 Å². The molecule has 2 saturated heterocycles. The third-order valence-electron chi connectivity index (χ3n) is 4.45. The molecule has 4 rings (SSSR count). The van der Waals surface area contributed by atoms with Crippen LogP contribution in [-0.4, -0.2) is 65.8 Å². The number of carbonyl (C=O) groups excluding carboxylic acids is 2. The molecule has 2 fully saturated rings. The van der Waals surface area contributed by atoms with Gasteiger partial charge in [-0.25, -0.2) is 4.68 Å². The Morgan fingerprint density at radius 1 is 1.38 bits per heavy atom. The van der Waals surface area contributed by atoms with Crippen molar-refractivity contribution in [1.29, 1.82) is 0 Å². The number of rotatable bonds is 4. The van der Waals surface area contributed by atoms with Crippen molar-refractivity contribution >= 4 is 23.3 Å². The number of carbonyl (C=O) groups is 2. The van der Waals surface area contributed by atoms with Gasteiger partial charge in [-0.3, -0.25) is 9.59 Å². The fraction of sp³-hybridized carbons (Fsp3) is 0.571. The first-order valence-corrected chi connectivity index (χ1v) is 8.66. The number of nitrogens with zero attached hydrogens (tertiary/aromatic N) is 7. The summed E-state index contributed by atoms with van der Waals surface area (Å²) in [4.78, 5) is 28.2. The van der Waals surface area contributed by atoms with Gasteiger partial charge in [0.1, 0.15) is 10.6 Å². The van der Waals surface area contributed by atoms with Crippen molar-refractivity contribution in [2.24, 2.45) is 0 Å². The summed E-state index contributed by atoms with van der Waals surface area (Å²) in [6.45, 7) is 4.29. The van der Waals surface area contributed by atoms with Gasteiger partial charge < -0.3 is 9.80 Å². The highest BCUT2D eigenvalue weighted by Crippen LogP contribution is 2.24. The molecule has 126 valence electrons. The Bertz CT molecular complexity index is 780. The number of hydrogen-bond donors (Lipinski definition) is 0. The van der Waals surface area contributed by atoms with Crippen LogP contribution in [0.1, 0.15) is 39.9 Å². The summed E-state index contributed by atoms with van der Waals surface area (Å²) in [6.07, 6.45) is 3.41. The molecule has 0 radical (unpaired) electrons. The summed E-state index contributed by atoms with van der Waals surface area (Å²) in [5, 5.41) is 12.2. The zero-order valence-corrected chi connectivity index (χ0v) is 14.1. The predicted octanol–water partition coefficient (Wildman–Crippen LogP) is 0.258. The van der Waals surface area contributed by atoms with Crippen LogP contribution < -0.4 is 0 Å². The van der Waals surface area contributed by atoms with E-state index in [4.69, 9.17) is 0 Å². The average molecular weight is 347 g/mol. The molecule has 0 atom stereocenters. The molecule has 2 aromatic rings. The molecule has 0 saturated carbocycles. The summed E-state index contributed by atoms with van der Waals surface area (Å²) >= 11 is 1.13. The Morgan fingerprint density at radius 3 is 2.88 bits per heavy atom. The van der Waals surface area contributed by atoms with Gasteiger partial charge in [0, 0.05) is 26.1 Å². The minimum atomic E-state index is -0.0262. The van der Waals surface area contributed by atoms with Gasteiger partial charge in [0.2, 0.25) is 5.91 Å². The van der Waals surface area contributed by atoms with Crippen LogP contribution in [0.4, 0.5) is 0 Å². The molecule has 4 heterocycles. The van der Waals surface area contributed by atoms with Gasteiger partial charge in [-0.1, -0.05) is 9.70 Å². The third kappa shape index (κ3) is 2.66. The van der Waals surface area contributed by atoms with E-state index < -0.39 is 0 Å². The molecule has 0 aliphatic carbocycles. The monoisotopic (exact) mass is 347 g/mol. The maximum absolute atomic E-state index is 12.3. The second-order valence-electron chi connectivity index (χ2n) is 6.16. The number of aryl methyl sites for hydroxylation is 1. The summed E-state index contributed by atoms with van der Waals surface area (Å²) in [5.74, 6) is 0.153. The highest BCUT2D eigenvalue weighted by Gasteiger charge is 2.35. The molecule has 2 aliphatic rings. The molecule has 0 bridgehead atoms. The molecular formula is C14H17N7O2S. The van der Waals surface area contributed by atoms with Crippen molar-refractivity contribution in [3.8, 4) is 0 Å². The van der Waals surface area contributed by atoms with E-state index >= 15 is 0 Å². The van der Waals surface area contributed by atoms with Crippen molar-refractivity contribution < 1.29 is 9.59 Å². The SMILES string of the molecule is Cc1nnsc1C(=O)N1CC(n2cc(CN3CCCC3=O)nn2)C1. The van der Waals surface area contributed by atoms with Crippen LogP contribution in [0.5, 0.6) is 0 Å². The van der Waals surface area contributed by atoms with Gasteiger partial charge in [0.25, 0.3) is 5.91 Å². The number of hydrogen-bond acceptors (Lipinski definition) is 7. The topological polar surface area (TPSA) is 97.1 Å². The smallest absolute Gasteiger partial charge is 0.267 e. The molecule has 0 aromatic carbocycles. The normalized spacial score (nSPS) is 18.3. The van der Waals surface area contributed by atoms with Crippen LogP contribution in [0.15, 0.2) is 6.20 Å². The van der Waals surface area contributed by atoms with E-state index in [9.17, 15) is 9.59 Å². The van der Waals surface area contributed by atoms with Gasteiger partial charge in [-0.05, 0) is 24.9 Å². The largest absolute Gasteiger partial charge is 0.337 e. The lowest BCUT2D eigenvalue weighted by molar-refractivity contribution is -0.128. The Kier molecular flexibility index (Phi) is 3.75. The Hall–Kier alpha value is -2.36. The molecular weight excluding hydrogens is 330 g/mol. The van der Waals surface area contributed by atoms with Gasteiger partial charge in [-0.2, -0.15) is 0 Å². The number of likely N-dealkylation sites (tertiary alicyclic amines) is 2. The summed E-state index contributed by atoms with van der Waals surface area (Å²) in [7, 11) is 0. The molecule has 2 aromatic heterocycles. The van der Waals surface area contributed by atoms with E-state index in [1.165, 1.54) is 0 Å². The van der Waals surface area contributed by atoms with E-state index in [1.807, 2.05) is 11.1 Å². The minimum Gasteiger partial charge on any atom is -0.337 e. The van der Waals surface area contributed by atoms with Crippen LogP contribution in [-0.2, 0) is 11.3 Å². The van der Waals surface area contributed by atoms with Crippen molar-refractivity contribution in [3.63, 3.8) is 0 Å². The van der Waals surface area contributed by atoms with E-state index in [1.54, 1.807) is 16.5 Å². The second kappa shape index (κ2) is 5.93. The Labute approximate surface area is 142 Å². The molecule has 9 nitrogen and oxygen atoms in total. The molecule has 24 heavy (non-hydrogen) atoms. The quantitative estimate of drug-likeness (QED) is 0.787. The fourth-order valence-corrected chi connectivity index (χ4v) is 3.62. The lowest BCUT2D eigenvalue weighted by atomic mass is 10.1. The molecule has 0 spiro atoms. The van der Waals surface area contributed by atoms with Crippen molar-refractivity contribution in [3.05, 3.63) is 22.5 Å². The Balaban J connectivity index is 1.35. The van der Waals surface area contributed by atoms with E-state index in [-0.39, 0.29) is 17.9 Å². The van der Waals surface area contributed by atoms with E-state index in [0.29, 0.717) is 36.6 Å². The third-order valence-corrected chi connectivity index (χ3v) is 5.27. The minimum absolute atomic E-state index is 0.0262. The van der Waals surface area contributed by atoms with Crippen molar-refractivity contribution in [1.82, 2.24) is 34.4 Å². The zero-order valence-electron chi connectivity index (χ0n) is 13.3. The molecule has 2 amide bonds. The van der Waals surface area contributed by atoms with Gasteiger partial charge in [-0.15, -0.1) is 10.2 Å². The standard InChI is InChI=1S/C14H17N7O2S/c1-9-13(24-18-15-9)14(23)20-7-11(8-20)21-6-10(16-17-21)5-19-4-2-3-12(19)22/h6,11H,2-5,7-8H2,1H3. The molecule has 2 aliphatic heterocycles. The van der Waals surface area contributed by atoms with Crippen molar-refractivity contribution in [2.45, 2.75) is 32.4 Å². The summed E-state index contributed by atoms with van der Waals surface area (Å²) in [5.41, 5.74) is 1.46. The molecule has 10 heteroatoms. The summed E-state index contributed by atoms with van der Waals surface area (Å²) in [6, 6.07) is 0.130. The highest BCUT2D eigenvalue weighted by molar-refractivity contribution is 7.07. The van der Waals surface area contributed by atoms with Gasteiger partial charge >= 0.3 is 0 Å². The van der Waals surface area contributed by atoms with Crippen LogP contribution >= 0.6 is 11.5 Å². The van der Waals surface area contributed by atoms with E-state index in [0.717, 1.165) is 30.2 Å². The molecule has 0 unspecified atom stereocenters. The number of amides is 2. The lowest BCUT2D eigenvalue weighted by Gasteiger charge is -2.38. The second-order valence-corrected chi connectivity index (χ2v) is 6.91. The first kappa shape index (κ1) is 15.2. The summed E-state index contributed by atoms with van der Waals surface area (Å²) < 4.78 is 5.59. The van der Waals surface area contributed by atoms with Crippen LogP contribution in [0.2, 0.25) is 0 Å². The first-order valence-electron chi connectivity index (χ1n) is 7.88. The Morgan fingerprint density at radius 2 is 2.21 bits per heavy atom. The van der Waals surface area contributed by atoms with E-state index in [2.05, 4.69) is 19.9 Å². The lowest BCUT2D eigenvalue weighted by Crippen LogP contribution is -2.50. The van der Waals surface area contributed by atoms with Gasteiger partial charge in [0.05, 0.1) is 24.5 Å². The van der Waals surface area contributed by atoms with Crippen LogP contribution in [0, 0.1) is 6.92 Å². The first-order chi connectivity index (χ1) is 11.6. The van der Waals surface area contributed by atoms with Crippen LogP contribution in [0.3, 0.4) is 0 Å². The van der Waals surface area contributed by atoms with Crippen molar-refractivity contribution in [2.75, 3.05) is 19.6 Å². The highest BCUT2D eigenvalue weighted by atomic mass is 32.1. The number of aromatic nitrogens is 5.